The Hall–Kier alpha value is -3.99. The van der Waals surface area contributed by atoms with Gasteiger partial charge in [-0.15, -0.1) is 0 Å². The van der Waals surface area contributed by atoms with Crippen LogP contribution in [0.15, 0.2) is 79.0 Å². The Labute approximate surface area is 160 Å². The third kappa shape index (κ3) is 3.10. The molecule has 0 aliphatic carbocycles. The minimum atomic E-state index is -0.292. The Morgan fingerprint density at radius 2 is 1.14 bits per heavy atom. The first-order valence-corrected chi connectivity index (χ1v) is 8.60. The number of aromatic hydroxyl groups is 2. The topological polar surface area (TPSA) is 87.5 Å². The van der Waals surface area contributed by atoms with Gasteiger partial charge in [-0.2, -0.15) is 0 Å². The number of pyridine rings is 1. The smallest absolute Gasteiger partial charge is 0.211 e. The van der Waals surface area contributed by atoms with Crippen LogP contribution in [0.25, 0.3) is 10.8 Å². The molecule has 0 aliphatic heterocycles. The molecule has 0 saturated heterocycles. The lowest BCUT2D eigenvalue weighted by Gasteiger charge is -2.10. The maximum Gasteiger partial charge on any atom is 0.211 e. The molecule has 0 aliphatic rings. The van der Waals surface area contributed by atoms with Crippen molar-refractivity contribution < 1.29 is 19.8 Å². The number of ketones is 2. The minimum Gasteiger partial charge on any atom is -0.508 e. The van der Waals surface area contributed by atoms with Crippen LogP contribution in [0.5, 0.6) is 11.5 Å². The van der Waals surface area contributed by atoms with Crippen molar-refractivity contribution in [3.63, 3.8) is 0 Å². The van der Waals surface area contributed by atoms with E-state index in [2.05, 4.69) is 4.98 Å². The molecule has 0 bridgehead atoms. The van der Waals surface area contributed by atoms with Crippen molar-refractivity contribution in [2.24, 2.45) is 0 Å². The molecule has 5 nitrogen and oxygen atoms in total. The van der Waals surface area contributed by atoms with Crippen molar-refractivity contribution in [1.29, 1.82) is 0 Å². The maximum absolute atomic E-state index is 12.9. The number of hydrogen-bond acceptors (Lipinski definition) is 5. The molecule has 136 valence electrons. The number of hydrogen-bond donors (Lipinski definition) is 2. The molecule has 0 saturated carbocycles. The van der Waals surface area contributed by atoms with Crippen LogP contribution >= 0.6 is 0 Å². The van der Waals surface area contributed by atoms with E-state index in [-0.39, 0.29) is 28.8 Å². The number of phenols is 2. The van der Waals surface area contributed by atoms with Crippen LogP contribution in [0.1, 0.15) is 32.0 Å². The van der Waals surface area contributed by atoms with Crippen molar-refractivity contribution in [2.45, 2.75) is 0 Å². The Bertz CT molecular complexity index is 1100. The first-order chi connectivity index (χ1) is 13.5. The van der Waals surface area contributed by atoms with E-state index in [4.69, 9.17) is 0 Å². The van der Waals surface area contributed by atoms with Gasteiger partial charge in [0.2, 0.25) is 5.78 Å². The number of phenolic OH excluding ortho intramolecular Hbond substituents is 2. The molecular formula is C23H15NO4. The SMILES string of the molecule is O=C(c1ccc(O)cc1)c1cnc(C(=O)c2ccc(O)cc2)c2ccccc12. The van der Waals surface area contributed by atoms with Crippen LogP contribution in [-0.4, -0.2) is 26.8 Å². The Morgan fingerprint density at radius 3 is 1.71 bits per heavy atom. The van der Waals surface area contributed by atoms with Crippen LogP contribution in [0.2, 0.25) is 0 Å². The maximum atomic E-state index is 12.9. The van der Waals surface area contributed by atoms with Gasteiger partial charge in [-0.25, -0.2) is 0 Å². The molecule has 2 N–H and O–H groups in total. The minimum absolute atomic E-state index is 0.0733. The quantitative estimate of drug-likeness (QED) is 0.529. The normalized spacial score (nSPS) is 10.7. The van der Waals surface area contributed by atoms with E-state index in [1.165, 1.54) is 42.6 Å². The van der Waals surface area contributed by atoms with E-state index in [1.807, 2.05) is 0 Å². The number of benzene rings is 3. The second-order valence-electron chi connectivity index (χ2n) is 6.32. The number of nitrogens with zero attached hydrogens (tertiary/aromatic N) is 1. The van der Waals surface area contributed by atoms with Crippen LogP contribution < -0.4 is 0 Å². The zero-order valence-corrected chi connectivity index (χ0v) is 14.7. The summed E-state index contributed by atoms with van der Waals surface area (Å²) in [5.74, 6) is -0.384. The van der Waals surface area contributed by atoms with Crippen LogP contribution in [0.3, 0.4) is 0 Å². The highest BCUT2D eigenvalue weighted by Crippen LogP contribution is 2.26. The molecule has 0 spiro atoms. The van der Waals surface area contributed by atoms with Crippen LogP contribution in [0, 0.1) is 0 Å². The van der Waals surface area contributed by atoms with E-state index in [0.717, 1.165) is 0 Å². The highest BCUT2D eigenvalue weighted by molar-refractivity contribution is 6.21. The van der Waals surface area contributed by atoms with Gasteiger partial charge < -0.3 is 10.2 Å². The molecule has 1 aromatic heterocycles. The Kier molecular flexibility index (Phi) is 4.33. The summed E-state index contributed by atoms with van der Waals surface area (Å²) in [5.41, 5.74) is 1.43. The first-order valence-electron chi connectivity index (χ1n) is 8.60. The summed E-state index contributed by atoms with van der Waals surface area (Å²) >= 11 is 0. The molecule has 28 heavy (non-hydrogen) atoms. The van der Waals surface area contributed by atoms with Crippen LogP contribution in [0.4, 0.5) is 0 Å². The van der Waals surface area contributed by atoms with E-state index in [9.17, 15) is 19.8 Å². The largest absolute Gasteiger partial charge is 0.508 e. The summed E-state index contributed by atoms with van der Waals surface area (Å²) in [5, 5.41) is 20.0. The lowest BCUT2D eigenvalue weighted by atomic mass is 9.96. The first kappa shape index (κ1) is 17.4. The fraction of sp³-hybridized carbons (Fsp3) is 0. The molecule has 1 heterocycles. The van der Waals surface area contributed by atoms with E-state index < -0.39 is 0 Å². The summed E-state index contributed by atoms with van der Waals surface area (Å²) in [6.45, 7) is 0. The summed E-state index contributed by atoms with van der Waals surface area (Å²) in [4.78, 5) is 30.1. The number of aromatic nitrogens is 1. The summed E-state index contributed by atoms with van der Waals surface area (Å²) in [6, 6.07) is 19.0. The van der Waals surface area contributed by atoms with Gasteiger partial charge in [0, 0.05) is 28.3 Å². The summed E-state index contributed by atoms with van der Waals surface area (Å²) in [7, 11) is 0. The van der Waals surface area contributed by atoms with Crippen molar-refractivity contribution in [2.75, 3.05) is 0 Å². The number of carbonyl (C=O) groups is 2. The predicted octanol–water partition coefficient (Wildman–Crippen LogP) is 4.11. The van der Waals surface area contributed by atoms with Gasteiger partial charge in [0.1, 0.15) is 17.2 Å². The van der Waals surface area contributed by atoms with E-state index >= 15 is 0 Å². The highest BCUT2D eigenvalue weighted by Gasteiger charge is 2.19. The molecule has 5 heteroatoms. The second kappa shape index (κ2) is 6.96. The van der Waals surface area contributed by atoms with Gasteiger partial charge in [-0.1, -0.05) is 24.3 Å². The molecule has 3 aromatic carbocycles. The van der Waals surface area contributed by atoms with Gasteiger partial charge in [-0.3, -0.25) is 14.6 Å². The lowest BCUT2D eigenvalue weighted by Crippen LogP contribution is -2.09. The van der Waals surface area contributed by atoms with Gasteiger partial charge in [0.15, 0.2) is 5.78 Å². The number of fused-ring (bicyclic) bond motifs is 1. The van der Waals surface area contributed by atoms with Crippen molar-refractivity contribution in [3.05, 3.63) is 101 Å². The van der Waals surface area contributed by atoms with E-state index in [0.29, 0.717) is 27.5 Å². The average Bonchev–Trinajstić information content (AvgIpc) is 2.73. The van der Waals surface area contributed by atoms with Crippen molar-refractivity contribution >= 4 is 22.3 Å². The number of rotatable bonds is 4. The fourth-order valence-electron chi connectivity index (χ4n) is 3.07. The van der Waals surface area contributed by atoms with Crippen LogP contribution in [-0.2, 0) is 0 Å². The lowest BCUT2D eigenvalue weighted by molar-refractivity contribution is 0.102. The van der Waals surface area contributed by atoms with Gasteiger partial charge in [-0.05, 0) is 53.9 Å². The van der Waals surface area contributed by atoms with Gasteiger partial charge >= 0.3 is 0 Å². The molecule has 0 fully saturated rings. The number of carbonyl (C=O) groups excluding carboxylic acids is 2. The summed E-state index contributed by atoms with van der Waals surface area (Å²) < 4.78 is 0. The molecular weight excluding hydrogens is 354 g/mol. The molecule has 4 rings (SSSR count). The Balaban J connectivity index is 1.83. The Morgan fingerprint density at radius 1 is 0.643 bits per heavy atom. The molecule has 0 amide bonds. The second-order valence-corrected chi connectivity index (χ2v) is 6.32. The van der Waals surface area contributed by atoms with Gasteiger partial charge in [0.05, 0.1) is 0 Å². The highest BCUT2D eigenvalue weighted by atomic mass is 16.3. The predicted molar refractivity (Wildman–Crippen MR) is 105 cm³/mol. The van der Waals surface area contributed by atoms with Crippen molar-refractivity contribution in [3.8, 4) is 11.5 Å². The molecule has 0 radical (unpaired) electrons. The van der Waals surface area contributed by atoms with E-state index in [1.54, 1.807) is 36.4 Å². The summed E-state index contributed by atoms with van der Waals surface area (Å²) in [6.07, 6.45) is 1.41. The molecule has 0 unspecified atom stereocenters. The van der Waals surface area contributed by atoms with Crippen molar-refractivity contribution in [1.82, 2.24) is 4.98 Å². The average molecular weight is 369 g/mol. The monoisotopic (exact) mass is 369 g/mol. The fourth-order valence-corrected chi connectivity index (χ4v) is 3.07. The standard InChI is InChI=1S/C23H15NO4/c25-16-9-5-14(6-10-16)22(27)20-13-24-21(19-4-2-1-3-18(19)20)23(28)15-7-11-17(26)12-8-15/h1-13,25-26H. The zero-order valence-electron chi connectivity index (χ0n) is 14.7. The third-order valence-corrected chi connectivity index (χ3v) is 4.51. The van der Waals surface area contributed by atoms with Gasteiger partial charge in [0.25, 0.3) is 0 Å². The zero-order chi connectivity index (χ0) is 19.7. The molecule has 0 atom stereocenters. The third-order valence-electron chi connectivity index (χ3n) is 4.51. The molecule has 4 aromatic rings.